The minimum atomic E-state index is 0.0968. The second-order valence-electron chi connectivity index (χ2n) is 8.38. The Morgan fingerprint density at radius 2 is 2.00 bits per heavy atom. The number of nitrogens with one attached hydrogen (secondary N) is 1. The highest BCUT2D eigenvalue weighted by molar-refractivity contribution is 5.96. The molecule has 0 radical (unpaired) electrons. The van der Waals surface area contributed by atoms with Crippen LogP contribution in [-0.4, -0.2) is 26.6 Å². The van der Waals surface area contributed by atoms with Crippen molar-refractivity contribution in [2.45, 2.75) is 38.0 Å². The van der Waals surface area contributed by atoms with Crippen molar-refractivity contribution in [2.75, 3.05) is 30.9 Å². The van der Waals surface area contributed by atoms with Gasteiger partial charge in [0.2, 0.25) is 5.91 Å². The molecule has 4 heteroatoms. The van der Waals surface area contributed by atoms with Crippen molar-refractivity contribution in [3.05, 3.63) is 52.6 Å². The van der Waals surface area contributed by atoms with Gasteiger partial charge in [0.15, 0.2) is 0 Å². The van der Waals surface area contributed by atoms with Crippen LogP contribution in [0.1, 0.15) is 47.4 Å². The molecule has 1 atom stereocenters. The van der Waals surface area contributed by atoms with E-state index in [9.17, 15) is 4.79 Å². The lowest BCUT2D eigenvalue weighted by Crippen LogP contribution is -2.24. The molecule has 2 aromatic rings. The Labute approximate surface area is 160 Å². The lowest BCUT2D eigenvalue weighted by Gasteiger charge is -2.29. The predicted octanol–water partition coefficient (Wildman–Crippen LogP) is 4.11. The molecule has 1 unspecified atom stereocenters. The summed E-state index contributed by atoms with van der Waals surface area (Å²) in [6.45, 7) is 0.737. The molecule has 1 fully saturated rings. The maximum Gasteiger partial charge on any atom is 0.225 e. The van der Waals surface area contributed by atoms with E-state index >= 15 is 0 Å². The van der Waals surface area contributed by atoms with E-state index in [1.807, 2.05) is 6.07 Å². The fourth-order valence-electron chi connectivity index (χ4n) is 4.44. The number of rotatable bonds is 4. The third-order valence-corrected chi connectivity index (χ3v) is 6.12. The molecule has 1 aliphatic carbocycles. The van der Waals surface area contributed by atoms with Gasteiger partial charge < -0.3 is 15.0 Å². The van der Waals surface area contributed by atoms with Crippen LogP contribution in [-0.2, 0) is 17.6 Å². The van der Waals surface area contributed by atoms with Gasteiger partial charge in [0, 0.05) is 50.3 Å². The number of ether oxygens (including phenoxy) is 1. The largest absolute Gasteiger partial charge is 0.493 e. The normalized spacial score (nSPS) is 20.5. The van der Waals surface area contributed by atoms with Crippen LogP contribution >= 0.6 is 0 Å². The first-order valence-corrected chi connectivity index (χ1v) is 9.98. The van der Waals surface area contributed by atoms with Crippen LogP contribution in [0.2, 0.25) is 0 Å². The number of hydrogen-bond acceptors (Lipinski definition) is 3. The summed E-state index contributed by atoms with van der Waals surface area (Å²) >= 11 is 0. The van der Waals surface area contributed by atoms with E-state index in [0.29, 0.717) is 6.42 Å². The van der Waals surface area contributed by atoms with Gasteiger partial charge in [0.1, 0.15) is 5.75 Å². The molecule has 2 aromatic carbocycles. The zero-order valence-corrected chi connectivity index (χ0v) is 16.0. The summed E-state index contributed by atoms with van der Waals surface area (Å²) < 4.78 is 5.71. The lowest BCUT2D eigenvalue weighted by atomic mass is 9.80. The average molecular weight is 362 g/mol. The fraction of sp³-hybridized carbons (Fsp3) is 0.435. The second-order valence-corrected chi connectivity index (χ2v) is 8.38. The molecule has 0 saturated heterocycles. The van der Waals surface area contributed by atoms with Crippen molar-refractivity contribution < 1.29 is 9.53 Å². The molecule has 2 aliphatic heterocycles. The summed E-state index contributed by atoms with van der Waals surface area (Å²) in [5, 5.41) is 3.06. The molecule has 2 heterocycles. The highest BCUT2D eigenvalue weighted by atomic mass is 16.5. The quantitative estimate of drug-likeness (QED) is 0.890. The SMILES string of the molecule is CN(C)c1ccc(C2CC(=O)Nc3cc4c(cc32)CCO4)c(CC2CC2)c1. The van der Waals surface area contributed by atoms with E-state index < -0.39 is 0 Å². The van der Waals surface area contributed by atoms with Crippen molar-refractivity contribution in [3.63, 3.8) is 0 Å². The number of nitrogens with zero attached hydrogens (tertiary/aromatic N) is 1. The highest BCUT2D eigenvalue weighted by Gasteiger charge is 2.32. The monoisotopic (exact) mass is 362 g/mol. The van der Waals surface area contributed by atoms with Gasteiger partial charge in [-0.1, -0.05) is 6.07 Å². The van der Waals surface area contributed by atoms with Crippen molar-refractivity contribution in [1.29, 1.82) is 0 Å². The first-order valence-electron chi connectivity index (χ1n) is 9.98. The van der Waals surface area contributed by atoms with Gasteiger partial charge in [0.05, 0.1) is 6.61 Å². The Morgan fingerprint density at radius 3 is 2.78 bits per heavy atom. The third kappa shape index (κ3) is 3.07. The summed E-state index contributed by atoms with van der Waals surface area (Å²) in [5.41, 5.74) is 7.40. The first kappa shape index (κ1) is 16.7. The van der Waals surface area contributed by atoms with Crippen molar-refractivity contribution in [3.8, 4) is 5.75 Å². The molecule has 3 aliphatic rings. The zero-order valence-electron chi connectivity index (χ0n) is 16.0. The zero-order chi connectivity index (χ0) is 18.5. The van der Waals surface area contributed by atoms with Gasteiger partial charge in [-0.2, -0.15) is 0 Å². The maximum absolute atomic E-state index is 12.5. The summed E-state index contributed by atoms with van der Waals surface area (Å²) in [4.78, 5) is 14.6. The second kappa shape index (κ2) is 6.29. The van der Waals surface area contributed by atoms with E-state index in [-0.39, 0.29) is 11.8 Å². The lowest BCUT2D eigenvalue weighted by molar-refractivity contribution is -0.116. The number of carbonyl (C=O) groups is 1. The van der Waals surface area contributed by atoms with Gasteiger partial charge in [-0.05, 0) is 65.6 Å². The number of fused-ring (bicyclic) bond motifs is 2. The van der Waals surface area contributed by atoms with Crippen LogP contribution < -0.4 is 15.0 Å². The van der Waals surface area contributed by atoms with Gasteiger partial charge in [-0.25, -0.2) is 0 Å². The van der Waals surface area contributed by atoms with E-state index in [1.54, 1.807) is 0 Å². The Bertz CT molecular complexity index is 915. The summed E-state index contributed by atoms with van der Waals surface area (Å²) in [7, 11) is 4.17. The Morgan fingerprint density at radius 1 is 1.15 bits per heavy atom. The van der Waals surface area contributed by atoms with Crippen LogP contribution in [0.25, 0.3) is 0 Å². The van der Waals surface area contributed by atoms with Gasteiger partial charge in [0.25, 0.3) is 0 Å². The van der Waals surface area contributed by atoms with Gasteiger partial charge >= 0.3 is 0 Å². The van der Waals surface area contributed by atoms with Crippen molar-refractivity contribution in [1.82, 2.24) is 0 Å². The minimum Gasteiger partial charge on any atom is -0.493 e. The Kier molecular flexibility index (Phi) is 3.88. The van der Waals surface area contributed by atoms with Crippen LogP contribution in [0.15, 0.2) is 30.3 Å². The summed E-state index contributed by atoms with van der Waals surface area (Å²) in [5.74, 6) is 1.96. The van der Waals surface area contributed by atoms with Crippen LogP contribution in [0.4, 0.5) is 11.4 Å². The average Bonchev–Trinajstić information content (AvgIpc) is 3.34. The van der Waals surface area contributed by atoms with Gasteiger partial charge in [-0.3, -0.25) is 4.79 Å². The number of amides is 1. The smallest absolute Gasteiger partial charge is 0.225 e. The van der Waals surface area contributed by atoms with Crippen LogP contribution in [0.3, 0.4) is 0 Å². The maximum atomic E-state index is 12.5. The molecule has 1 saturated carbocycles. The molecule has 4 nitrogen and oxygen atoms in total. The van der Waals surface area contributed by atoms with Gasteiger partial charge in [-0.15, -0.1) is 0 Å². The molecule has 0 aromatic heterocycles. The highest BCUT2D eigenvalue weighted by Crippen LogP contribution is 2.44. The molecule has 0 bridgehead atoms. The van der Waals surface area contributed by atoms with Crippen molar-refractivity contribution in [2.24, 2.45) is 5.92 Å². The molecule has 0 spiro atoms. The predicted molar refractivity (Wildman–Crippen MR) is 108 cm³/mol. The van der Waals surface area contributed by atoms with E-state index in [0.717, 1.165) is 36.8 Å². The molecule has 140 valence electrons. The van der Waals surface area contributed by atoms with Crippen LogP contribution in [0.5, 0.6) is 5.75 Å². The van der Waals surface area contributed by atoms with Crippen LogP contribution in [0, 0.1) is 5.92 Å². The first-order chi connectivity index (χ1) is 13.1. The molecule has 1 N–H and O–H groups in total. The molecular weight excluding hydrogens is 336 g/mol. The van der Waals surface area contributed by atoms with E-state index in [1.165, 1.54) is 40.8 Å². The summed E-state index contributed by atoms with van der Waals surface area (Å²) in [6, 6.07) is 11.1. The number of anilines is 2. The van der Waals surface area contributed by atoms with E-state index in [2.05, 4.69) is 48.6 Å². The number of hydrogen-bond donors (Lipinski definition) is 1. The Hall–Kier alpha value is -2.49. The molecule has 5 rings (SSSR count). The summed E-state index contributed by atoms with van der Waals surface area (Å²) in [6.07, 6.45) is 5.26. The molecule has 27 heavy (non-hydrogen) atoms. The Balaban J connectivity index is 1.61. The molecular formula is C23H26N2O2. The minimum absolute atomic E-state index is 0.0968. The standard InChI is InChI=1S/C23H26N2O2/c1-25(2)17-5-6-18(16(10-17)9-14-3-4-14)19-12-23(26)24-21-13-22-15(7-8-27-22)11-20(19)21/h5-6,10-11,13-14,19H,3-4,7-9,12H2,1-2H3,(H,24,26). The number of benzene rings is 2. The van der Waals surface area contributed by atoms with Crippen molar-refractivity contribution >= 4 is 17.3 Å². The fourth-order valence-corrected chi connectivity index (χ4v) is 4.44. The third-order valence-electron chi connectivity index (χ3n) is 6.12. The molecule has 1 amide bonds. The number of carbonyl (C=O) groups excluding carboxylic acids is 1. The topological polar surface area (TPSA) is 41.6 Å². The van der Waals surface area contributed by atoms with E-state index in [4.69, 9.17) is 4.74 Å².